The van der Waals surface area contributed by atoms with Gasteiger partial charge >= 0.3 is 5.97 Å². The zero-order valence-corrected chi connectivity index (χ0v) is 45.3. The van der Waals surface area contributed by atoms with Crippen molar-refractivity contribution in [3.8, 4) is 6.07 Å². The van der Waals surface area contributed by atoms with E-state index in [-0.39, 0.29) is 78.8 Å². The zero-order valence-electron chi connectivity index (χ0n) is 44.4. The molecule has 2 aliphatic heterocycles. The van der Waals surface area contributed by atoms with Gasteiger partial charge in [-0.05, 0) is 78.4 Å². The second-order valence-corrected chi connectivity index (χ2v) is 20.6. The molecular formula is C51H79N10O11P. The fourth-order valence-corrected chi connectivity index (χ4v) is 10.8. The van der Waals surface area contributed by atoms with Gasteiger partial charge in [-0.3, -0.25) is 23.9 Å². The van der Waals surface area contributed by atoms with Crippen LogP contribution in [0.4, 0.5) is 5.95 Å². The van der Waals surface area contributed by atoms with Crippen molar-refractivity contribution in [2.24, 2.45) is 10.9 Å². The summed E-state index contributed by atoms with van der Waals surface area (Å²) < 4.78 is 49.1. The van der Waals surface area contributed by atoms with Gasteiger partial charge in [0, 0.05) is 65.2 Å². The van der Waals surface area contributed by atoms with Crippen molar-refractivity contribution in [3.05, 3.63) is 52.6 Å². The van der Waals surface area contributed by atoms with Crippen LogP contribution in [0.2, 0.25) is 0 Å². The van der Waals surface area contributed by atoms with Crippen LogP contribution in [0.15, 0.2) is 46.4 Å². The van der Waals surface area contributed by atoms with E-state index in [4.69, 9.17) is 32.7 Å². The van der Waals surface area contributed by atoms with Crippen LogP contribution in [0.25, 0.3) is 11.2 Å². The minimum atomic E-state index is -1.71. The number of carbonyl (C=O) groups is 3. The molecule has 0 spiro atoms. The Labute approximate surface area is 431 Å². The van der Waals surface area contributed by atoms with Crippen LogP contribution < -0.4 is 16.2 Å². The molecule has 4 heterocycles. The number of esters is 1. The maximum atomic E-state index is 13.2. The number of nitriles is 1. The molecule has 2 aliphatic rings. The van der Waals surface area contributed by atoms with E-state index in [9.17, 15) is 24.4 Å². The van der Waals surface area contributed by atoms with Gasteiger partial charge in [-0.15, -0.1) is 0 Å². The summed E-state index contributed by atoms with van der Waals surface area (Å²) in [6.07, 6.45) is 5.19. The number of aromatic amines is 1. The quantitative estimate of drug-likeness (QED) is 0.0199. The minimum absolute atomic E-state index is 0.0402. The fourth-order valence-electron chi connectivity index (χ4n) is 9.02. The molecule has 21 nitrogen and oxygen atoms in total. The van der Waals surface area contributed by atoms with Crippen molar-refractivity contribution >= 4 is 49.8 Å². The normalized spacial score (nSPS) is 23.6. The van der Waals surface area contributed by atoms with E-state index in [0.29, 0.717) is 50.8 Å². The van der Waals surface area contributed by atoms with E-state index < -0.39 is 56.9 Å². The van der Waals surface area contributed by atoms with Crippen LogP contribution >= 0.6 is 8.53 Å². The molecule has 5 rings (SSSR count). The predicted molar refractivity (Wildman–Crippen MR) is 277 cm³/mol. The highest BCUT2D eigenvalue weighted by Gasteiger charge is 2.50. The number of hydrogen-bond acceptors (Lipinski definition) is 16. The highest BCUT2D eigenvalue weighted by molar-refractivity contribution is 7.44. The van der Waals surface area contributed by atoms with E-state index in [1.807, 2.05) is 40.9 Å². The molecule has 1 aromatic carbocycles. The third kappa shape index (κ3) is 17.1. The molecule has 3 aromatic rings. The Hall–Kier alpha value is -4.91. The number of nitrogens with one attached hydrogen (secondary N) is 3. The first kappa shape index (κ1) is 59.0. The van der Waals surface area contributed by atoms with E-state index in [1.165, 1.54) is 13.3 Å². The first-order valence-electron chi connectivity index (χ1n) is 25.8. The lowest BCUT2D eigenvalue weighted by molar-refractivity contribution is -0.249. The van der Waals surface area contributed by atoms with Gasteiger partial charge in [-0.1, -0.05) is 51.8 Å². The molecule has 2 unspecified atom stereocenters. The molecule has 0 radical (unpaired) electrons. The summed E-state index contributed by atoms with van der Waals surface area (Å²) in [6, 6.07) is 10.3. The molecule has 404 valence electrons. The van der Waals surface area contributed by atoms with E-state index in [2.05, 4.69) is 69.0 Å². The number of aliphatic imine (C=N–C) groups is 1. The lowest BCUT2D eigenvalue weighted by Crippen LogP contribution is -2.62. The molecule has 73 heavy (non-hydrogen) atoms. The largest absolute Gasteiger partial charge is 0.456 e. The van der Waals surface area contributed by atoms with Gasteiger partial charge in [0.25, 0.3) is 14.1 Å². The monoisotopic (exact) mass is 1040 g/mol. The molecule has 0 bridgehead atoms. The number of unbranched alkanes of at least 4 members (excludes halogenated alkanes) is 4. The molecular weight excluding hydrogens is 960 g/mol. The lowest BCUT2D eigenvalue weighted by atomic mass is 9.87. The summed E-state index contributed by atoms with van der Waals surface area (Å²) in [7, 11) is 1.92. The number of nitrogens with zero attached hydrogens (tertiary/aromatic N) is 7. The Morgan fingerprint density at radius 1 is 0.945 bits per heavy atom. The van der Waals surface area contributed by atoms with Gasteiger partial charge in [-0.25, -0.2) is 19.4 Å². The van der Waals surface area contributed by atoms with Crippen molar-refractivity contribution in [1.29, 1.82) is 5.26 Å². The molecule has 0 aliphatic carbocycles. The van der Waals surface area contributed by atoms with Gasteiger partial charge in [0.15, 0.2) is 23.7 Å². The van der Waals surface area contributed by atoms with Crippen molar-refractivity contribution in [1.82, 2.24) is 39.7 Å². The number of aromatic nitrogens is 4. The SMILES string of the molecule is CC[C@H]1O[C@@H](n2cnc3c(=O)[nH]c(N=CN(C)C)nc32)[C@@H](OP(OCCC#N)N(C(C)C)C(C)C)C1OCCCCCCNC(=O)CCCCO[C@@H]1O[C@H](CC)[C@H](C)[C@H](OC(=O)c2ccccc2)[C@H]1NC(C)=O. The predicted octanol–water partition coefficient (Wildman–Crippen LogP) is 7.06. The van der Waals surface area contributed by atoms with Crippen LogP contribution in [0.5, 0.6) is 0 Å². The first-order chi connectivity index (χ1) is 35.1. The smallest absolute Gasteiger partial charge is 0.338 e. The third-order valence-corrected chi connectivity index (χ3v) is 14.7. The van der Waals surface area contributed by atoms with Crippen LogP contribution in [0, 0.1) is 17.2 Å². The van der Waals surface area contributed by atoms with Crippen LogP contribution in [-0.4, -0.2) is 149 Å². The highest BCUT2D eigenvalue weighted by Crippen LogP contribution is 2.51. The summed E-state index contributed by atoms with van der Waals surface area (Å²) in [5, 5.41) is 15.3. The van der Waals surface area contributed by atoms with E-state index in [0.717, 1.165) is 25.7 Å². The molecule has 3 N–H and O–H groups in total. The van der Waals surface area contributed by atoms with Gasteiger partial charge in [0.2, 0.25) is 17.8 Å². The zero-order chi connectivity index (χ0) is 53.0. The summed E-state index contributed by atoms with van der Waals surface area (Å²) in [4.78, 5) is 69.2. The lowest BCUT2D eigenvalue weighted by Gasteiger charge is -2.45. The van der Waals surface area contributed by atoms with Crippen molar-refractivity contribution in [2.75, 3.05) is 40.5 Å². The van der Waals surface area contributed by atoms with Gasteiger partial charge in [-0.2, -0.15) is 10.2 Å². The molecule has 22 heteroatoms. The standard InChI is InChI=1S/C51H79N10O11P/c1-11-38-35(7)43(71-49(65)37-23-16-15-17-24-37)41(56-36(8)62)50(70-38)67-29-21-18-25-40(63)53-27-19-13-14-20-28-66-44-39(12-2)69-48(45(44)72-73(68-30-22-26-52)61(33(3)4)34(5)6)60-32-54-42-46(60)57-51(58-47(42)64)55-31-59(9)10/h15-17,23-24,31-35,38-39,41,43-45,48,50H,11-14,18-22,25,27-30H2,1-10H3,(H,53,63)(H,56,62)(H,57,58,64)/t35-,38+,39+,41+,43-,44?,45-,48+,50+,73?/m0/s1. The summed E-state index contributed by atoms with van der Waals surface area (Å²) in [6.45, 7) is 17.1. The Kier molecular flexibility index (Phi) is 24.1. The van der Waals surface area contributed by atoms with Gasteiger partial charge < -0.3 is 48.3 Å². The maximum Gasteiger partial charge on any atom is 0.338 e. The number of ether oxygens (including phenoxy) is 5. The van der Waals surface area contributed by atoms with Gasteiger partial charge in [0.05, 0.1) is 49.5 Å². The Bertz CT molecular complexity index is 2300. The number of H-pyrrole nitrogens is 1. The van der Waals surface area contributed by atoms with Crippen molar-refractivity contribution in [3.63, 3.8) is 0 Å². The second kappa shape index (κ2) is 29.8. The van der Waals surface area contributed by atoms with Crippen LogP contribution in [0.1, 0.15) is 136 Å². The van der Waals surface area contributed by atoms with Gasteiger partial charge in [0.1, 0.15) is 24.4 Å². The van der Waals surface area contributed by atoms with Crippen LogP contribution in [-0.2, 0) is 42.3 Å². The van der Waals surface area contributed by atoms with Crippen molar-refractivity contribution < 1.29 is 47.1 Å². The van der Waals surface area contributed by atoms with E-state index >= 15 is 0 Å². The average molecular weight is 1040 g/mol. The Morgan fingerprint density at radius 2 is 1.64 bits per heavy atom. The number of benzene rings is 1. The Morgan fingerprint density at radius 3 is 2.32 bits per heavy atom. The number of carbonyl (C=O) groups excluding carboxylic acids is 3. The molecule has 2 aromatic heterocycles. The summed E-state index contributed by atoms with van der Waals surface area (Å²) in [5.41, 5.74) is 0.395. The number of rotatable bonds is 30. The second-order valence-electron chi connectivity index (χ2n) is 19.2. The van der Waals surface area contributed by atoms with E-state index in [1.54, 1.807) is 40.1 Å². The van der Waals surface area contributed by atoms with Crippen LogP contribution in [0.3, 0.4) is 0 Å². The fraction of sp³-hybridized carbons (Fsp3) is 0.686. The molecule has 2 saturated heterocycles. The molecule has 2 fully saturated rings. The molecule has 2 amide bonds. The third-order valence-electron chi connectivity index (χ3n) is 12.5. The molecule has 10 atom stereocenters. The Balaban J connectivity index is 1.12. The number of fused-ring (bicyclic) bond motifs is 1. The topological polar surface area (TPSA) is 246 Å². The minimum Gasteiger partial charge on any atom is -0.456 e. The number of imidazole rings is 1. The molecule has 0 saturated carbocycles. The van der Waals surface area contributed by atoms with Crippen molar-refractivity contribution in [2.45, 2.75) is 181 Å². The first-order valence-corrected chi connectivity index (χ1v) is 27.0. The maximum absolute atomic E-state index is 13.2. The highest BCUT2D eigenvalue weighted by atomic mass is 31.2. The number of hydrogen-bond donors (Lipinski definition) is 3. The number of amides is 2. The summed E-state index contributed by atoms with van der Waals surface area (Å²) >= 11 is 0. The summed E-state index contributed by atoms with van der Waals surface area (Å²) in [5.74, 6) is -0.898. The average Bonchev–Trinajstić information content (AvgIpc) is 3.93.